The largest absolute Gasteiger partial charge is 0.365 e. The average Bonchev–Trinajstić information content (AvgIpc) is 2.25. The third-order valence-corrected chi connectivity index (χ3v) is 4.14. The number of nitrogens with zero attached hydrogens (tertiary/aromatic N) is 1. The first-order chi connectivity index (χ1) is 8.78. The van der Waals surface area contributed by atoms with E-state index in [0.29, 0.717) is 22.0 Å². The van der Waals surface area contributed by atoms with Crippen molar-refractivity contribution in [3.05, 3.63) is 28.2 Å². The molecule has 1 N–H and O–H groups in total. The molecule has 1 aliphatic rings. The number of hydrogen-bond donors (Lipinski definition) is 1. The van der Waals surface area contributed by atoms with E-state index in [0.717, 1.165) is 18.8 Å². The lowest BCUT2D eigenvalue weighted by atomic mass is 9.92. The lowest BCUT2D eigenvalue weighted by Crippen LogP contribution is -2.63. The van der Waals surface area contributed by atoms with Crippen LogP contribution in [0.25, 0.3) is 0 Å². The quantitative estimate of drug-likeness (QED) is 0.880. The van der Waals surface area contributed by atoms with Gasteiger partial charge in [-0.05, 0) is 38.0 Å². The molecule has 1 unspecified atom stereocenters. The van der Waals surface area contributed by atoms with Crippen molar-refractivity contribution in [1.29, 1.82) is 0 Å². The molecule has 1 heterocycles. The molecule has 1 aromatic carbocycles. The van der Waals surface area contributed by atoms with Crippen molar-refractivity contribution in [2.45, 2.75) is 39.3 Å². The average molecular weight is 301 g/mol. The number of benzene rings is 1. The monoisotopic (exact) mass is 300 g/mol. The Labute approximate surface area is 126 Å². The lowest BCUT2D eigenvalue weighted by Gasteiger charge is -2.47. The summed E-state index contributed by atoms with van der Waals surface area (Å²) in [7, 11) is 0. The first-order valence-corrected chi connectivity index (χ1v) is 7.52. The Kier molecular flexibility index (Phi) is 4.34. The van der Waals surface area contributed by atoms with E-state index in [1.807, 2.05) is 12.1 Å². The van der Waals surface area contributed by atoms with Gasteiger partial charge < -0.3 is 10.2 Å². The van der Waals surface area contributed by atoms with Gasteiger partial charge >= 0.3 is 0 Å². The summed E-state index contributed by atoms with van der Waals surface area (Å²) in [5.41, 5.74) is 1.21. The van der Waals surface area contributed by atoms with Crippen molar-refractivity contribution in [3.8, 4) is 0 Å². The molecule has 0 amide bonds. The van der Waals surface area contributed by atoms with Crippen LogP contribution in [0.2, 0.25) is 10.0 Å². The predicted molar refractivity (Wildman–Crippen MR) is 84.5 cm³/mol. The minimum absolute atomic E-state index is 0.0974. The van der Waals surface area contributed by atoms with Crippen molar-refractivity contribution < 1.29 is 0 Å². The minimum Gasteiger partial charge on any atom is -0.365 e. The highest BCUT2D eigenvalue weighted by molar-refractivity contribution is 6.35. The Hall–Kier alpha value is -0.440. The molecular formula is C15H22Cl2N2. The van der Waals surface area contributed by atoms with Crippen LogP contribution in [0.3, 0.4) is 0 Å². The molecule has 2 rings (SSSR count). The fourth-order valence-corrected chi connectivity index (χ4v) is 3.19. The summed E-state index contributed by atoms with van der Waals surface area (Å²) in [6, 6.07) is 6.25. The SMILES string of the molecule is CC(C)C1CNC(C)(C)CN1c1cc(Cl)cc(Cl)c1. The van der Waals surface area contributed by atoms with E-state index < -0.39 is 0 Å². The maximum absolute atomic E-state index is 6.14. The van der Waals surface area contributed by atoms with E-state index in [9.17, 15) is 0 Å². The standard InChI is InChI=1S/C15H22Cl2N2/c1-10(2)14-8-18-15(3,4)9-19(14)13-6-11(16)5-12(17)7-13/h5-7,10,14,18H,8-9H2,1-4H3. The maximum atomic E-state index is 6.14. The summed E-state index contributed by atoms with van der Waals surface area (Å²) in [5.74, 6) is 0.571. The molecule has 1 aliphatic heterocycles. The Morgan fingerprint density at radius 2 is 1.79 bits per heavy atom. The second kappa shape index (κ2) is 5.51. The van der Waals surface area contributed by atoms with Crippen LogP contribution in [0.5, 0.6) is 0 Å². The summed E-state index contributed by atoms with van der Waals surface area (Å²) >= 11 is 12.3. The van der Waals surface area contributed by atoms with Gasteiger partial charge in [0.15, 0.2) is 0 Å². The van der Waals surface area contributed by atoms with Gasteiger partial charge in [0.1, 0.15) is 0 Å². The van der Waals surface area contributed by atoms with Crippen molar-refractivity contribution >= 4 is 28.9 Å². The maximum Gasteiger partial charge on any atom is 0.0441 e. The molecule has 0 radical (unpaired) electrons. The van der Waals surface area contributed by atoms with E-state index in [-0.39, 0.29) is 5.54 Å². The topological polar surface area (TPSA) is 15.3 Å². The van der Waals surface area contributed by atoms with Gasteiger partial charge in [0.05, 0.1) is 0 Å². The van der Waals surface area contributed by atoms with Crippen molar-refractivity contribution in [2.24, 2.45) is 5.92 Å². The Bertz CT molecular complexity index is 437. The van der Waals surface area contributed by atoms with Gasteiger partial charge in [0.25, 0.3) is 0 Å². The van der Waals surface area contributed by atoms with Gasteiger partial charge in [0, 0.05) is 40.4 Å². The second-order valence-electron chi connectivity index (χ2n) is 6.33. The van der Waals surface area contributed by atoms with E-state index >= 15 is 0 Å². The van der Waals surface area contributed by atoms with Crippen molar-refractivity contribution in [3.63, 3.8) is 0 Å². The number of halogens is 2. The highest BCUT2D eigenvalue weighted by atomic mass is 35.5. The fraction of sp³-hybridized carbons (Fsp3) is 0.600. The molecule has 2 nitrogen and oxygen atoms in total. The van der Waals surface area contributed by atoms with Gasteiger partial charge in [-0.25, -0.2) is 0 Å². The van der Waals surface area contributed by atoms with Crippen LogP contribution in [-0.2, 0) is 0 Å². The predicted octanol–water partition coefficient (Wildman–Crippen LogP) is 4.21. The fourth-order valence-electron chi connectivity index (χ4n) is 2.67. The van der Waals surface area contributed by atoms with E-state index in [1.54, 1.807) is 6.07 Å². The van der Waals surface area contributed by atoms with Gasteiger partial charge in [-0.3, -0.25) is 0 Å². The zero-order valence-electron chi connectivity index (χ0n) is 12.0. The zero-order chi connectivity index (χ0) is 14.2. The third kappa shape index (κ3) is 3.56. The van der Waals surface area contributed by atoms with Crippen LogP contribution in [-0.4, -0.2) is 24.7 Å². The van der Waals surface area contributed by atoms with Crippen LogP contribution in [0.1, 0.15) is 27.7 Å². The Balaban J connectivity index is 2.36. The van der Waals surface area contributed by atoms with E-state index in [1.165, 1.54) is 0 Å². The minimum atomic E-state index is 0.0974. The highest BCUT2D eigenvalue weighted by Gasteiger charge is 2.34. The molecule has 19 heavy (non-hydrogen) atoms. The first kappa shape index (κ1) is 15.0. The van der Waals surface area contributed by atoms with Crippen molar-refractivity contribution in [1.82, 2.24) is 5.32 Å². The van der Waals surface area contributed by atoms with E-state index in [2.05, 4.69) is 37.9 Å². The summed E-state index contributed by atoms with van der Waals surface area (Å²) in [4.78, 5) is 2.43. The van der Waals surface area contributed by atoms with Crippen LogP contribution < -0.4 is 10.2 Å². The molecule has 1 aromatic rings. The summed E-state index contributed by atoms with van der Waals surface area (Å²) in [5, 5.41) is 5.00. The summed E-state index contributed by atoms with van der Waals surface area (Å²) < 4.78 is 0. The highest BCUT2D eigenvalue weighted by Crippen LogP contribution is 2.31. The van der Waals surface area contributed by atoms with Crippen LogP contribution in [0.15, 0.2) is 18.2 Å². The van der Waals surface area contributed by atoms with Gasteiger partial charge in [-0.2, -0.15) is 0 Å². The Morgan fingerprint density at radius 3 is 2.32 bits per heavy atom. The number of hydrogen-bond acceptors (Lipinski definition) is 2. The number of nitrogens with one attached hydrogen (secondary N) is 1. The molecule has 106 valence electrons. The van der Waals surface area contributed by atoms with Crippen molar-refractivity contribution in [2.75, 3.05) is 18.0 Å². The smallest absolute Gasteiger partial charge is 0.0441 e. The zero-order valence-corrected chi connectivity index (χ0v) is 13.5. The summed E-state index contributed by atoms with van der Waals surface area (Å²) in [6.07, 6.45) is 0. The molecule has 0 saturated carbocycles. The molecule has 1 fully saturated rings. The van der Waals surface area contributed by atoms with Gasteiger partial charge in [0.2, 0.25) is 0 Å². The number of anilines is 1. The van der Waals surface area contributed by atoms with E-state index in [4.69, 9.17) is 23.2 Å². The molecule has 0 aromatic heterocycles. The Morgan fingerprint density at radius 1 is 1.21 bits per heavy atom. The molecule has 4 heteroatoms. The number of piperazine rings is 1. The molecule has 1 atom stereocenters. The van der Waals surface area contributed by atoms with Crippen LogP contribution in [0, 0.1) is 5.92 Å². The molecule has 0 spiro atoms. The molecule has 0 bridgehead atoms. The van der Waals surface area contributed by atoms with Gasteiger partial charge in [-0.1, -0.05) is 37.0 Å². The lowest BCUT2D eigenvalue weighted by molar-refractivity contribution is 0.277. The molecular weight excluding hydrogens is 279 g/mol. The third-order valence-electron chi connectivity index (χ3n) is 3.70. The second-order valence-corrected chi connectivity index (χ2v) is 7.20. The van der Waals surface area contributed by atoms with Crippen LogP contribution in [0.4, 0.5) is 5.69 Å². The first-order valence-electron chi connectivity index (χ1n) is 6.76. The molecule has 1 saturated heterocycles. The van der Waals surface area contributed by atoms with Gasteiger partial charge in [-0.15, -0.1) is 0 Å². The van der Waals surface area contributed by atoms with Crippen LogP contribution >= 0.6 is 23.2 Å². The molecule has 0 aliphatic carbocycles. The normalized spacial score (nSPS) is 22.9. The summed E-state index contributed by atoms with van der Waals surface area (Å²) in [6.45, 7) is 10.9. The number of rotatable bonds is 2.